The average molecular weight is 868 g/mol. The molecule has 3 aromatic carbocycles. The minimum atomic E-state index is -1.16. The molecule has 1 fully saturated rings. The summed E-state index contributed by atoms with van der Waals surface area (Å²) in [6.45, 7) is 37.5. The van der Waals surface area contributed by atoms with Crippen LogP contribution in [-0.4, -0.2) is 67.7 Å². The molecule has 3 unspecified atom stereocenters. The Morgan fingerprint density at radius 3 is 0.683 bits per heavy atom. The fourth-order valence-corrected chi connectivity index (χ4v) is 10.5. The quantitative estimate of drug-likeness (QED) is 0.197. The molecule has 1 saturated heterocycles. The highest BCUT2D eigenvalue weighted by Gasteiger charge is 2.59. The highest BCUT2D eigenvalue weighted by Crippen LogP contribution is 2.54. The Labute approximate surface area is 380 Å². The first kappa shape index (κ1) is 51.1. The Balaban J connectivity index is 2.13. The molecule has 0 radical (unpaired) electrons. The summed E-state index contributed by atoms with van der Waals surface area (Å²) in [6.07, 6.45) is 1.33. The van der Waals surface area contributed by atoms with Gasteiger partial charge in [0.1, 0.15) is 17.2 Å². The van der Waals surface area contributed by atoms with E-state index >= 15 is 14.4 Å². The lowest BCUT2D eigenvalue weighted by molar-refractivity contribution is -0.173. The number of carbonyl (C=O) groups is 3. The third-order valence-electron chi connectivity index (χ3n) is 13.3. The van der Waals surface area contributed by atoms with Crippen molar-refractivity contribution in [3.63, 3.8) is 0 Å². The van der Waals surface area contributed by atoms with E-state index in [1.807, 2.05) is 36.4 Å². The second kappa shape index (κ2) is 17.1. The van der Waals surface area contributed by atoms with Gasteiger partial charge in [-0.2, -0.15) is 0 Å². The van der Waals surface area contributed by atoms with E-state index < -0.39 is 32.5 Å². The molecule has 3 aromatic rings. The highest BCUT2D eigenvalue weighted by atomic mass is 16.3. The van der Waals surface area contributed by atoms with Crippen LogP contribution >= 0.6 is 0 Å². The minimum Gasteiger partial charge on any atom is -0.508 e. The standard InChI is InChI=1S/C54H81N3O6/c1-46(2,3)31-52(49(10,11)12,37-19-25-40(58)26-20-37)43(61)55-34-56(44(62)53(50(13,14)15,32-47(4,5)6)38-21-27-41(59)28-22-38)36-57(35-55)45(63)54(51(16,17)18,33-48(7,8)9)39-23-29-42(60)30-24-39/h19-30,58-60H,31-36H2,1-18H3. The Bertz CT molecular complexity index is 1840. The molecule has 4 rings (SSSR count). The van der Waals surface area contributed by atoms with Gasteiger partial charge >= 0.3 is 0 Å². The molecule has 1 aliphatic heterocycles. The number of hydrogen-bond acceptors (Lipinski definition) is 6. The Morgan fingerprint density at radius 2 is 0.540 bits per heavy atom. The van der Waals surface area contributed by atoms with Crippen molar-refractivity contribution in [1.82, 2.24) is 14.7 Å². The Morgan fingerprint density at radius 1 is 0.365 bits per heavy atom. The van der Waals surface area contributed by atoms with E-state index in [-0.39, 0.29) is 71.2 Å². The van der Waals surface area contributed by atoms with Crippen LogP contribution in [0, 0.1) is 32.5 Å². The molecule has 1 heterocycles. The number of nitrogens with zero attached hydrogens (tertiary/aromatic N) is 3. The van der Waals surface area contributed by atoms with Crippen LogP contribution in [0.1, 0.15) is 161 Å². The second-order valence-corrected chi connectivity index (χ2v) is 25.3. The van der Waals surface area contributed by atoms with E-state index in [2.05, 4.69) is 125 Å². The number of hydrogen-bond donors (Lipinski definition) is 3. The zero-order valence-corrected chi connectivity index (χ0v) is 42.1. The van der Waals surface area contributed by atoms with Crippen molar-refractivity contribution < 1.29 is 29.7 Å². The van der Waals surface area contributed by atoms with Crippen molar-refractivity contribution in [1.29, 1.82) is 0 Å². The van der Waals surface area contributed by atoms with Crippen LogP contribution in [0.25, 0.3) is 0 Å². The van der Waals surface area contributed by atoms with E-state index in [4.69, 9.17) is 0 Å². The summed E-state index contributed by atoms with van der Waals surface area (Å²) in [5, 5.41) is 31.5. The topological polar surface area (TPSA) is 122 Å². The zero-order valence-electron chi connectivity index (χ0n) is 42.1. The second-order valence-electron chi connectivity index (χ2n) is 25.3. The zero-order chi connectivity index (χ0) is 48.2. The maximum Gasteiger partial charge on any atom is 0.236 e. The molecule has 0 aromatic heterocycles. The lowest BCUT2D eigenvalue weighted by Gasteiger charge is -2.56. The van der Waals surface area contributed by atoms with E-state index in [0.717, 1.165) is 16.7 Å². The maximum absolute atomic E-state index is 16.3. The molecule has 0 saturated carbocycles. The number of rotatable bonds is 9. The summed E-state index contributed by atoms with van der Waals surface area (Å²) < 4.78 is 0. The summed E-state index contributed by atoms with van der Waals surface area (Å²) in [4.78, 5) is 53.9. The highest BCUT2D eigenvalue weighted by molar-refractivity contribution is 5.94. The summed E-state index contributed by atoms with van der Waals surface area (Å²) in [5.41, 5.74) is -4.29. The number of aromatic hydroxyl groups is 3. The van der Waals surface area contributed by atoms with Crippen LogP contribution in [0.3, 0.4) is 0 Å². The third kappa shape index (κ3) is 10.4. The van der Waals surface area contributed by atoms with Gasteiger partial charge in [-0.1, -0.05) is 161 Å². The smallest absolute Gasteiger partial charge is 0.236 e. The van der Waals surface area contributed by atoms with Crippen molar-refractivity contribution >= 4 is 17.7 Å². The molecular formula is C54H81N3O6. The molecule has 0 aliphatic carbocycles. The van der Waals surface area contributed by atoms with Gasteiger partial charge in [0.15, 0.2) is 0 Å². The first-order valence-electron chi connectivity index (χ1n) is 22.7. The number of carbonyl (C=O) groups excluding carboxylic acids is 3. The molecule has 3 N–H and O–H groups in total. The number of benzene rings is 3. The third-order valence-corrected chi connectivity index (χ3v) is 13.3. The molecule has 9 heteroatoms. The minimum absolute atomic E-state index is 0.0669. The fourth-order valence-electron chi connectivity index (χ4n) is 10.5. The number of phenolic OH excluding ortho intramolecular Hbond substituents is 3. The average Bonchev–Trinajstić information content (AvgIpc) is 3.12. The van der Waals surface area contributed by atoms with Crippen molar-refractivity contribution in [2.75, 3.05) is 20.0 Å². The molecule has 1 aliphatic rings. The van der Waals surface area contributed by atoms with E-state index in [9.17, 15) is 15.3 Å². The van der Waals surface area contributed by atoms with E-state index in [0.29, 0.717) is 19.3 Å². The van der Waals surface area contributed by atoms with Gasteiger partial charge in [0.05, 0.1) is 36.3 Å². The summed E-state index contributed by atoms with van der Waals surface area (Å²) >= 11 is 0. The van der Waals surface area contributed by atoms with Crippen LogP contribution in [0.2, 0.25) is 0 Å². The summed E-state index contributed by atoms with van der Waals surface area (Å²) in [5.74, 6) is -0.364. The molecule has 0 spiro atoms. The summed E-state index contributed by atoms with van der Waals surface area (Å²) in [7, 11) is 0. The Kier molecular flexibility index (Phi) is 13.9. The van der Waals surface area contributed by atoms with Crippen molar-refractivity contribution in [2.24, 2.45) is 32.5 Å². The van der Waals surface area contributed by atoms with E-state index in [1.54, 1.807) is 51.1 Å². The summed E-state index contributed by atoms with van der Waals surface area (Å²) in [6, 6.07) is 20.7. The van der Waals surface area contributed by atoms with Gasteiger partial charge in [0, 0.05) is 0 Å². The normalized spacial score (nSPS) is 17.7. The van der Waals surface area contributed by atoms with Crippen LogP contribution in [0.5, 0.6) is 17.2 Å². The molecule has 9 nitrogen and oxygen atoms in total. The van der Waals surface area contributed by atoms with Crippen LogP contribution in [0.15, 0.2) is 72.8 Å². The lowest BCUT2D eigenvalue weighted by Crippen LogP contribution is -2.69. The number of amides is 3. The van der Waals surface area contributed by atoms with Gasteiger partial charge in [-0.15, -0.1) is 0 Å². The van der Waals surface area contributed by atoms with Gasteiger partial charge in [-0.25, -0.2) is 0 Å². The molecule has 3 atom stereocenters. The predicted octanol–water partition coefficient (Wildman–Crippen LogP) is 11.7. The molecule has 0 bridgehead atoms. The largest absolute Gasteiger partial charge is 0.508 e. The van der Waals surface area contributed by atoms with Gasteiger partial charge < -0.3 is 30.0 Å². The van der Waals surface area contributed by atoms with E-state index in [1.165, 1.54) is 0 Å². The first-order chi connectivity index (χ1) is 28.4. The van der Waals surface area contributed by atoms with Gasteiger partial charge in [0.25, 0.3) is 0 Å². The predicted molar refractivity (Wildman–Crippen MR) is 255 cm³/mol. The molecular weight excluding hydrogens is 787 g/mol. The monoisotopic (exact) mass is 868 g/mol. The van der Waals surface area contributed by atoms with Gasteiger partial charge in [-0.05, 0) is 105 Å². The van der Waals surface area contributed by atoms with Gasteiger partial charge in [-0.3, -0.25) is 14.4 Å². The molecule has 3 amide bonds. The number of phenols is 3. The van der Waals surface area contributed by atoms with Crippen molar-refractivity contribution in [3.8, 4) is 17.2 Å². The maximum atomic E-state index is 16.3. The van der Waals surface area contributed by atoms with Crippen molar-refractivity contribution in [3.05, 3.63) is 89.5 Å². The van der Waals surface area contributed by atoms with Crippen molar-refractivity contribution in [2.45, 2.75) is 160 Å². The van der Waals surface area contributed by atoms with Crippen LogP contribution in [0.4, 0.5) is 0 Å². The van der Waals surface area contributed by atoms with Crippen LogP contribution < -0.4 is 0 Å². The van der Waals surface area contributed by atoms with Crippen LogP contribution in [-0.2, 0) is 30.6 Å². The fraction of sp³-hybridized carbons (Fsp3) is 0.611. The lowest BCUT2D eigenvalue weighted by atomic mass is 9.56. The first-order valence-corrected chi connectivity index (χ1v) is 22.7. The SMILES string of the molecule is CC(C)(C)CC(C(=O)N1CN(C(=O)C(CC(C)(C)C)(c2ccc(O)cc2)C(C)(C)C)CN(C(=O)C(CC(C)(C)C)(c2ccc(O)cc2)C(C)(C)C)C1)(c1ccc(O)cc1)C(C)(C)C. The molecule has 348 valence electrons. The molecule has 63 heavy (non-hydrogen) atoms. The van der Waals surface area contributed by atoms with Gasteiger partial charge in [0.2, 0.25) is 17.7 Å². The Hall–Kier alpha value is -4.53.